The predicted molar refractivity (Wildman–Crippen MR) is 70.2 cm³/mol. The fraction of sp³-hybridized carbons (Fsp3) is 0.500. The highest BCUT2D eigenvalue weighted by Gasteiger charge is 2.22. The summed E-state index contributed by atoms with van der Waals surface area (Å²) in [7, 11) is 0. The molecule has 0 bridgehead atoms. The van der Waals surface area contributed by atoms with Crippen LogP contribution in [0.1, 0.15) is 39.4 Å². The van der Waals surface area contributed by atoms with Crippen LogP contribution in [-0.2, 0) is 4.74 Å². The molecule has 0 aliphatic carbocycles. The van der Waals surface area contributed by atoms with Crippen LogP contribution in [0.4, 0.5) is 9.18 Å². The number of ether oxygens (including phenoxy) is 1. The highest BCUT2D eigenvalue weighted by atomic mass is 19.1. The molecular weight excluding hydrogens is 249 g/mol. The molecule has 1 rings (SSSR count). The van der Waals surface area contributed by atoms with Crippen LogP contribution in [0.25, 0.3) is 0 Å². The van der Waals surface area contributed by atoms with Crippen LogP contribution in [0.15, 0.2) is 24.3 Å². The third-order valence-electron chi connectivity index (χ3n) is 2.41. The van der Waals surface area contributed by atoms with Gasteiger partial charge >= 0.3 is 6.09 Å². The van der Waals surface area contributed by atoms with Crippen molar-refractivity contribution in [3.8, 4) is 0 Å². The zero-order valence-electron chi connectivity index (χ0n) is 11.6. The first-order valence-corrected chi connectivity index (χ1v) is 6.12. The van der Waals surface area contributed by atoms with E-state index in [0.717, 1.165) is 0 Å². The summed E-state index contributed by atoms with van der Waals surface area (Å²) in [6, 6.07) is 5.05. The average molecular weight is 269 g/mol. The quantitative estimate of drug-likeness (QED) is 0.887. The molecular formula is C14H20FNO3. The topological polar surface area (TPSA) is 58.6 Å². The van der Waals surface area contributed by atoms with Crippen molar-refractivity contribution in [2.45, 2.75) is 45.4 Å². The molecule has 0 aliphatic heterocycles. The summed E-state index contributed by atoms with van der Waals surface area (Å²) in [5.74, 6) is -0.430. The molecule has 2 N–H and O–H groups in total. The SMILES string of the molecule is CC(NC(=O)OC(C)(C)C)C(O)c1cccc(F)c1. The van der Waals surface area contributed by atoms with Crippen LogP contribution < -0.4 is 5.32 Å². The van der Waals surface area contributed by atoms with Crippen molar-refractivity contribution < 1.29 is 19.0 Å². The van der Waals surface area contributed by atoms with E-state index in [2.05, 4.69) is 5.32 Å². The van der Waals surface area contributed by atoms with Crippen LogP contribution >= 0.6 is 0 Å². The number of amides is 1. The molecule has 1 amide bonds. The number of nitrogens with one attached hydrogen (secondary N) is 1. The molecule has 4 nitrogen and oxygen atoms in total. The molecule has 106 valence electrons. The lowest BCUT2D eigenvalue weighted by atomic mass is 10.0. The van der Waals surface area contributed by atoms with E-state index in [1.807, 2.05) is 0 Å². The largest absolute Gasteiger partial charge is 0.444 e. The first kappa shape index (κ1) is 15.4. The number of carbonyl (C=O) groups is 1. The summed E-state index contributed by atoms with van der Waals surface area (Å²) in [6.45, 7) is 6.88. The zero-order valence-corrected chi connectivity index (χ0v) is 11.6. The Hall–Kier alpha value is -1.62. The van der Waals surface area contributed by atoms with Gasteiger partial charge in [0, 0.05) is 0 Å². The first-order chi connectivity index (χ1) is 8.69. The van der Waals surface area contributed by atoms with E-state index in [0.29, 0.717) is 5.56 Å². The maximum atomic E-state index is 13.1. The zero-order chi connectivity index (χ0) is 14.6. The van der Waals surface area contributed by atoms with Crippen molar-refractivity contribution in [1.82, 2.24) is 5.32 Å². The second kappa shape index (κ2) is 6.02. The number of hydrogen-bond acceptors (Lipinski definition) is 3. The minimum Gasteiger partial charge on any atom is -0.444 e. The van der Waals surface area contributed by atoms with Crippen LogP contribution in [0.3, 0.4) is 0 Å². The minimum absolute atomic E-state index is 0.406. The van der Waals surface area contributed by atoms with Gasteiger partial charge in [-0.15, -0.1) is 0 Å². The van der Waals surface area contributed by atoms with E-state index in [4.69, 9.17) is 4.74 Å². The number of halogens is 1. The summed E-state index contributed by atoms with van der Waals surface area (Å²) in [5, 5.41) is 12.5. The van der Waals surface area contributed by atoms with E-state index in [-0.39, 0.29) is 0 Å². The summed E-state index contributed by atoms with van der Waals surface area (Å²) >= 11 is 0. The Labute approximate surface area is 112 Å². The number of rotatable bonds is 3. The number of alkyl carbamates (subject to hydrolysis) is 1. The van der Waals surface area contributed by atoms with Crippen molar-refractivity contribution in [2.75, 3.05) is 0 Å². The van der Waals surface area contributed by atoms with Gasteiger partial charge < -0.3 is 15.2 Å². The van der Waals surface area contributed by atoms with Crippen LogP contribution in [0, 0.1) is 5.82 Å². The fourth-order valence-corrected chi connectivity index (χ4v) is 1.55. The van der Waals surface area contributed by atoms with E-state index >= 15 is 0 Å². The highest BCUT2D eigenvalue weighted by Crippen LogP contribution is 2.18. The average Bonchev–Trinajstić information content (AvgIpc) is 2.25. The number of aliphatic hydroxyl groups is 1. The maximum Gasteiger partial charge on any atom is 0.407 e. The number of carbonyl (C=O) groups excluding carboxylic acids is 1. The van der Waals surface area contributed by atoms with Crippen LogP contribution in [0.2, 0.25) is 0 Å². The molecule has 19 heavy (non-hydrogen) atoms. The predicted octanol–water partition coefficient (Wildman–Crippen LogP) is 2.77. The van der Waals surface area contributed by atoms with Gasteiger partial charge in [-0.25, -0.2) is 9.18 Å². The third kappa shape index (κ3) is 5.26. The monoisotopic (exact) mass is 269 g/mol. The fourth-order valence-electron chi connectivity index (χ4n) is 1.55. The van der Waals surface area contributed by atoms with Crippen molar-refractivity contribution >= 4 is 6.09 Å². The van der Waals surface area contributed by atoms with E-state index < -0.39 is 29.7 Å². The molecule has 1 aromatic carbocycles. The Morgan fingerprint density at radius 1 is 1.42 bits per heavy atom. The van der Waals surface area contributed by atoms with Gasteiger partial charge in [-0.05, 0) is 45.4 Å². The van der Waals surface area contributed by atoms with Gasteiger partial charge in [0.05, 0.1) is 12.1 Å². The number of aliphatic hydroxyl groups excluding tert-OH is 1. The third-order valence-corrected chi connectivity index (χ3v) is 2.41. The van der Waals surface area contributed by atoms with Crippen molar-refractivity contribution in [3.05, 3.63) is 35.6 Å². The lowest BCUT2D eigenvalue weighted by Crippen LogP contribution is -2.40. The van der Waals surface area contributed by atoms with E-state index in [1.165, 1.54) is 18.2 Å². The van der Waals surface area contributed by atoms with Gasteiger partial charge in [-0.1, -0.05) is 12.1 Å². The van der Waals surface area contributed by atoms with Crippen molar-refractivity contribution in [3.63, 3.8) is 0 Å². The maximum absolute atomic E-state index is 13.1. The second-order valence-electron chi connectivity index (χ2n) is 5.43. The molecule has 2 unspecified atom stereocenters. The molecule has 0 spiro atoms. The van der Waals surface area contributed by atoms with Crippen molar-refractivity contribution in [1.29, 1.82) is 0 Å². The summed E-state index contributed by atoms with van der Waals surface area (Å²) in [6.07, 6.45) is -1.61. The Morgan fingerprint density at radius 2 is 2.05 bits per heavy atom. The number of benzene rings is 1. The Bertz CT molecular complexity index is 443. The molecule has 2 atom stereocenters. The lowest BCUT2D eigenvalue weighted by Gasteiger charge is -2.24. The second-order valence-corrected chi connectivity index (χ2v) is 5.43. The van der Waals surface area contributed by atoms with Crippen molar-refractivity contribution in [2.24, 2.45) is 0 Å². The van der Waals surface area contributed by atoms with E-state index in [9.17, 15) is 14.3 Å². The molecule has 0 saturated carbocycles. The molecule has 0 saturated heterocycles. The normalized spacial score (nSPS) is 14.6. The molecule has 0 heterocycles. The lowest BCUT2D eigenvalue weighted by molar-refractivity contribution is 0.0435. The smallest absolute Gasteiger partial charge is 0.407 e. The van der Waals surface area contributed by atoms with Gasteiger partial charge in [0.1, 0.15) is 11.4 Å². The van der Waals surface area contributed by atoms with Gasteiger partial charge in [0.2, 0.25) is 0 Å². The summed E-state index contributed by atoms with van der Waals surface area (Å²) < 4.78 is 18.1. The number of hydrogen-bond donors (Lipinski definition) is 2. The Balaban J connectivity index is 2.63. The van der Waals surface area contributed by atoms with Crippen LogP contribution in [-0.4, -0.2) is 22.8 Å². The van der Waals surface area contributed by atoms with Crippen LogP contribution in [0.5, 0.6) is 0 Å². The molecule has 0 aliphatic rings. The summed E-state index contributed by atoms with van der Waals surface area (Å²) in [4.78, 5) is 11.6. The Kier molecular flexibility index (Phi) is 4.89. The molecule has 5 heteroatoms. The van der Waals surface area contributed by atoms with E-state index in [1.54, 1.807) is 33.8 Å². The first-order valence-electron chi connectivity index (χ1n) is 6.12. The highest BCUT2D eigenvalue weighted by molar-refractivity contribution is 5.68. The van der Waals surface area contributed by atoms with Gasteiger partial charge in [0.25, 0.3) is 0 Å². The summed E-state index contributed by atoms with van der Waals surface area (Å²) in [5.41, 5.74) is -0.197. The molecule has 1 aromatic rings. The van der Waals surface area contributed by atoms with Gasteiger partial charge in [-0.3, -0.25) is 0 Å². The Morgan fingerprint density at radius 3 is 2.58 bits per heavy atom. The van der Waals surface area contributed by atoms with Gasteiger partial charge in [-0.2, -0.15) is 0 Å². The standard InChI is InChI=1S/C14H20FNO3/c1-9(16-13(18)19-14(2,3)4)12(17)10-6-5-7-11(15)8-10/h5-9,12,17H,1-4H3,(H,16,18). The molecule has 0 aromatic heterocycles. The molecule has 0 fully saturated rings. The minimum atomic E-state index is -0.997. The van der Waals surface area contributed by atoms with Gasteiger partial charge in [0.15, 0.2) is 0 Å². The molecule has 0 radical (unpaired) electrons.